The Balaban J connectivity index is 1.70. The van der Waals surface area contributed by atoms with Crippen LogP contribution in [0.4, 0.5) is 0 Å². The van der Waals surface area contributed by atoms with E-state index in [0.717, 1.165) is 25.0 Å². The van der Waals surface area contributed by atoms with Crippen LogP contribution >= 0.6 is 0 Å². The van der Waals surface area contributed by atoms with Crippen LogP contribution in [0.15, 0.2) is 24.3 Å². The molecule has 0 amide bonds. The molecule has 1 N–H and O–H groups in total. The molecule has 1 aromatic rings. The molecule has 2 nitrogen and oxygen atoms in total. The van der Waals surface area contributed by atoms with Crippen LogP contribution in [0.1, 0.15) is 44.7 Å². The summed E-state index contributed by atoms with van der Waals surface area (Å²) in [5.41, 5.74) is 2.84. The third-order valence-electron chi connectivity index (χ3n) is 4.25. The normalized spacial score (nSPS) is 16.9. The van der Waals surface area contributed by atoms with E-state index in [0.29, 0.717) is 6.04 Å². The van der Waals surface area contributed by atoms with E-state index in [1.807, 2.05) is 0 Å². The van der Waals surface area contributed by atoms with Crippen LogP contribution in [0.25, 0.3) is 0 Å². The van der Waals surface area contributed by atoms with Crippen LogP contribution in [0, 0.1) is 5.92 Å². The lowest BCUT2D eigenvalue weighted by Crippen LogP contribution is -2.38. The van der Waals surface area contributed by atoms with Gasteiger partial charge in [0.15, 0.2) is 0 Å². The Labute approximate surface area is 124 Å². The van der Waals surface area contributed by atoms with Gasteiger partial charge in [0, 0.05) is 25.2 Å². The van der Waals surface area contributed by atoms with Gasteiger partial charge in [-0.15, -0.1) is 0 Å². The fourth-order valence-electron chi connectivity index (χ4n) is 2.68. The molecule has 1 aliphatic carbocycles. The van der Waals surface area contributed by atoms with Crippen molar-refractivity contribution in [3.63, 3.8) is 0 Å². The Morgan fingerprint density at radius 3 is 2.25 bits per heavy atom. The van der Waals surface area contributed by atoms with Crippen molar-refractivity contribution < 1.29 is 0 Å². The molecule has 1 aromatic carbocycles. The summed E-state index contributed by atoms with van der Waals surface area (Å²) in [6.45, 7) is 8.91. The summed E-state index contributed by atoms with van der Waals surface area (Å²) in [5.74, 6) is 0.734. The number of nitrogens with zero attached hydrogens (tertiary/aromatic N) is 1. The van der Waals surface area contributed by atoms with Crippen LogP contribution in [0.3, 0.4) is 0 Å². The topological polar surface area (TPSA) is 15.3 Å². The van der Waals surface area contributed by atoms with Gasteiger partial charge in [0.25, 0.3) is 0 Å². The highest BCUT2D eigenvalue weighted by atomic mass is 15.2. The summed E-state index contributed by atoms with van der Waals surface area (Å²) >= 11 is 0. The molecule has 1 unspecified atom stereocenters. The number of nitrogens with one attached hydrogen (secondary N) is 1. The molecule has 2 heteroatoms. The highest BCUT2D eigenvalue weighted by Crippen LogP contribution is 2.26. The monoisotopic (exact) mass is 274 g/mol. The molecule has 0 aromatic heterocycles. The minimum Gasteiger partial charge on any atom is -0.311 e. The Bertz CT molecular complexity index is 392. The maximum atomic E-state index is 3.58. The number of benzene rings is 1. The summed E-state index contributed by atoms with van der Waals surface area (Å²) in [4.78, 5) is 2.51. The zero-order valence-electron chi connectivity index (χ0n) is 13.5. The molecule has 0 saturated heterocycles. The standard InChI is InChI=1S/C18H30N2/c1-14(2)11-16-5-7-17(8-6-16)13-19-12-15(3)20(4)18-9-10-18/h5-8,14-15,18-19H,9-13H2,1-4H3. The SMILES string of the molecule is CC(C)Cc1ccc(CNCC(C)N(C)C2CC2)cc1. The van der Waals surface area contributed by atoms with Crippen LogP contribution in [-0.2, 0) is 13.0 Å². The third kappa shape index (κ3) is 4.92. The Kier molecular flexibility index (Phi) is 5.62. The second-order valence-corrected chi connectivity index (χ2v) is 6.79. The second-order valence-electron chi connectivity index (χ2n) is 6.79. The van der Waals surface area contributed by atoms with E-state index < -0.39 is 0 Å². The van der Waals surface area contributed by atoms with Crippen molar-refractivity contribution in [1.29, 1.82) is 0 Å². The van der Waals surface area contributed by atoms with E-state index in [1.165, 1.54) is 30.4 Å². The first-order chi connectivity index (χ1) is 9.56. The van der Waals surface area contributed by atoms with Gasteiger partial charge in [-0.05, 0) is 50.3 Å². The lowest BCUT2D eigenvalue weighted by molar-refractivity contribution is 0.241. The highest BCUT2D eigenvalue weighted by molar-refractivity contribution is 5.22. The smallest absolute Gasteiger partial charge is 0.0206 e. The van der Waals surface area contributed by atoms with E-state index in [4.69, 9.17) is 0 Å². The van der Waals surface area contributed by atoms with Crippen molar-refractivity contribution in [3.8, 4) is 0 Å². The number of hydrogen-bond donors (Lipinski definition) is 1. The van der Waals surface area contributed by atoms with Gasteiger partial charge in [0.05, 0.1) is 0 Å². The number of hydrogen-bond acceptors (Lipinski definition) is 2. The first-order valence-electron chi connectivity index (χ1n) is 8.06. The summed E-state index contributed by atoms with van der Waals surface area (Å²) in [6, 6.07) is 10.6. The van der Waals surface area contributed by atoms with Crippen molar-refractivity contribution in [3.05, 3.63) is 35.4 Å². The molecule has 1 saturated carbocycles. The minimum atomic E-state index is 0.628. The molecule has 2 rings (SSSR count). The van der Waals surface area contributed by atoms with Gasteiger partial charge in [-0.2, -0.15) is 0 Å². The molecule has 20 heavy (non-hydrogen) atoms. The quantitative estimate of drug-likeness (QED) is 0.781. The molecule has 0 radical (unpaired) electrons. The van der Waals surface area contributed by atoms with Crippen LogP contribution in [0.2, 0.25) is 0 Å². The maximum absolute atomic E-state index is 3.58. The van der Waals surface area contributed by atoms with E-state index in [9.17, 15) is 0 Å². The van der Waals surface area contributed by atoms with Crippen molar-refractivity contribution in [2.45, 2.75) is 58.7 Å². The van der Waals surface area contributed by atoms with E-state index in [2.05, 4.69) is 62.3 Å². The number of rotatable bonds is 8. The van der Waals surface area contributed by atoms with Gasteiger partial charge in [-0.25, -0.2) is 0 Å². The molecule has 0 heterocycles. The minimum absolute atomic E-state index is 0.628. The second kappa shape index (κ2) is 7.24. The van der Waals surface area contributed by atoms with Gasteiger partial charge in [-0.3, -0.25) is 4.90 Å². The van der Waals surface area contributed by atoms with Crippen LogP contribution in [0.5, 0.6) is 0 Å². The molecule has 0 aliphatic heterocycles. The van der Waals surface area contributed by atoms with Gasteiger partial charge in [0.2, 0.25) is 0 Å². The zero-order valence-corrected chi connectivity index (χ0v) is 13.5. The maximum Gasteiger partial charge on any atom is 0.0206 e. The highest BCUT2D eigenvalue weighted by Gasteiger charge is 2.28. The molecule has 0 spiro atoms. The Morgan fingerprint density at radius 1 is 1.10 bits per heavy atom. The lowest BCUT2D eigenvalue weighted by atomic mass is 10.0. The van der Waals surface area contributed by atoms with Crippen LogP contribution in [-0.4, -0.2) is 30.6 Å². The molecule has 1 fully saturated rings. The van der Waals surface area contributed by atoms with Gasteiger partial charge in [0.1, 0.15) is 0 Å². The largest absolute Gasteiger partial charge is 0.311 e. The first-order valence-corrected chi connectivity index (χ1v) is 8.06. The summed E-state index contributed by atoms with van der Waals surface area (Å²) in [7, 11) is 2.25. The summed E-state index contributed by atoms with van der Waals surface area (Å²) < 4.78 is 0. The average molecular weight is 274 g/mol. The van der Waals surface area contributed by atoms with Crippen molar-refractivity contribution in [1.82, 2.24) is 10.2 Å². The van der Waals surface area contributed by atoms with Crippen molar-refractivity contribution in [2.24, 2.45) is 5.92 Å². The summed E-state index contributed by atoms with van der Waals surface area (Å²) in [5, 5.41) is 3.58. The average Bonchev–Trinajstić information content (AvgIpc) is 3.23. The predicted molar refractivity (Wildman–Crippen MR) is 86.9 cm³/mol. The van der Waals surface area contributed by atoms with Crippen LogP contribution < -0.4 is 5.32 Å². The van der Waals surface area contributed by atoms with E-state index in [-0.39, 0.29) is 0 Å². The molecular weight excluding hydrogens is 244 g/mol. The summed E-state index contributed by atoms with van der Waals surface area (Å²) in [6.07, 6.45) is 3.95. The van der Waals surface area contributed by atoms with E-state index >= 15 is 0 Å². The fourth-order valence-corrected chi connectivity index (χ4v) is 2.68. The fraction of sp³-hybridized carbons (Fsp3) is 0.667. The van der Waals surface area contributed by atoms with Crippen molar-refractivity contribution in [2.75, 3.05) is 13.6 Å². The molecule has 112 valence electrons. The van der Waals surface area contributed by atoms with Crippen molar-refractivity contribution >= 4 is 0 Å². The molecule has 1 aliphatic rings. The zero-order chi connectivity index (χ0) is 14.5. The van der Waals surface area contributed by atoms with E-state index in [1.54, 1.807) is 0 Å². The molecular formula is C18H30N2. The Morgan fingerprint density at radius 2 is 1.70 bits per heavy atom. The van der Waals surface area contributed by atoms with Gasteiger partial charge < -0.3 is 5.32 Å². The number of likely N-dealkylation sites (N-methyl/N-ethyl adjacent to an activating group) is 1. The predicted octanol–water partition coefficient (Wildman–Crippen LogP) is 3.46. The lowest BCUT2D eigenvalue weighted by Gasteiger charge is -2.24. The first kappa shape index (κ1) is 15.5. The van der Waals surface area contributed by atoms with Gasteiger partial charge in [-0.1, -0.05) is 38.1 Å². The Hall–Kier alpha value is -0.860. The third-order valence-corrected chi connectivity index (χ3v) is 4.25. The molecule has 0 bridgehead atoms. The van der Waals surface area contributed by atoms with Gasteiger partial charge >= 0.3 is 0 Å². The molecule has 1 atom stereocenters.